The maximum atomic E-state index is 5.96. The molecule has 0 amide bonds. The summed E-state index contributed by atoms with van der Waals surface area (Å²) in [6.45, 7) is 5.59. The molecule has 0 aliphatic heterocycles. The molecule has 1 saturated carbocycles. The molecule has 1 nitrogen and oxygen atoms in total. The first kappa shape index (κ1) is 16.0. The summed E-state index contributed by atoms with van der Waals surface area (Å²) in [7, 11) is 0. The van der Waals surface area contributed by atoms with E-state index in [2.05, 4.69) is 13.8 Å². The highest BCUT2D eigenvalue weighted by molar-refractivity contribution is 4.75. The molecule has 0 saturated heterocycles. The molecule has 0 heterocycles. The summed E-state index contributed by atoms with van der Waals surface area (Å²) in [5.41, 5.74) is 5.96. The van der Waals surface area contributed by atoms with Gasteiger partial charge in [0.25, 0.3) is 0 Å². The van der Waals surface area contributed by atoms with E-state index in [1.54, 1.807) is 0 Å². The molecule has 0 aromatic heterocycles. The van der Waals surface area contributed by atoms with Gasteiger partial charge in [0.15, 0.2) is 0 Å². The SMILES string of the molecule is CCCC(CN)CC1CCCCCCCC1CC. The predicted octanol–water partition coefficient (Wildman–Crippen LogP) is 5.14. The van der Waals surface area contributed by atoms with Crippen LogP contribution in [0.3, 0.4) is 0 Å². The first-order valence-corrected chi connectivity index (χ1v) is 8.51. The van der Waals surface area contributed by atoms with Gasteiger partial charge in [0.05, 0.1) is 0 Å². The van der Waals surface area contributed by atoms with Crippen LogP contribution in [-0.2, 0) is 0 Å². The normalized spacial score (nSPS) is 28.2. The maximum absolute atomic E-state index is 5.96. The predicted molar refractivity (Wildman–Crippen MR) is 81.7 cm³/mol. The summed E-state index contributed by atoms with van der Waals surface area (Å²) >= 11 is 0. The summed E-state index contributed by atoms with van der Waals surface area (Å²) in [5, 5.41) is 0. The molecule has 1 heteroatoms. The molecule has 1 fully saturated rings. The van der Waals surface area contributed by atoms with Crippen LogP contribution >= 0.6 is 0 Å². The van der Waals surface area contributed by atoms with Crippen molar-refractivity contribution in [2.45, 2.75) is 84.5 Å². The van der Waals surface area contributed by atoms with Crippen molar-refractivity contribution in [3.63, 3.8) is 0 Å². The number of hydrogen-bond donors (Lipinski definition) is 1. The van der Waals surface area contributed by atoms with E-state index in [0.717, 1.165) is 24.3 Å². The van der Waals surface area contributed by atoms with Gasteiger partial charge in [-0.2, -0.15) is 0 Å². The number of nitrogens with two attached hydrogens (primary N) is 1. The lowest BCUT2D eigenvalue weighted by Crippen LogP contribution is -2.23. The van der Waals surface area contributed by atoms with Crippen LogP contribution in [0.4, 0.5) is 0 Å². The van der Waals surface area contributed by atoms with E-state index >= 15 is 0 Å². The van der Waals surface area contributed by atoms with Crippen molar-refractivity contribution in [3.8, 4) is 0 Å². The maximum Gasteiger partial charge on any atom is -0.00488 e. The second-order valence-corrected chi connectivity index (χ2v) is 6.40. The standard InChI is InChI=1S/C17H35N/c1-3-10-15(14-18)13-17-12-9-7-5-6-8-11-16(17)4-2/h15-17H,3-14,18H2,1-2H3. The van der Waals surface area contributed by atoms with E-state index in [0.29, 0.717) is 0 Å². The Morgan fingerprint density at radius 1 is 0.944 bits per heavy atom. The lowest BCUT2D eigenvalue weighted by Gasteiger charge is -2.29. The van der Waals surface area contributed by atoms with Crippen LogP contribution in [0.25, 0.3) is 0 Å². The van der Waals surface area contributed by atoms with E-state index in [1.807, 2.05) is 0 Å². The molecule has 1 aliphatic rings. The molecule has 0 bridgehead atoms. The Morgan fingerprint density at radius 2 is 1.56 bits per heavy atom. The van der Waals surface area contributed by atoms with Crippen molar-refractivity contribution in [1.29, 1.82) is 0 Å². The van der Waals surface area contributed by atoms with Crippen LogP contribution in [0.1, 0.15) is 84.5 Å². The third-order valence-electron chi connectivity index (χ3n) is 5.01. The van der Waals surface area contributed by atoms with Gasteiger partial charge in [-0.3, -0.25) is 0 Å². The van der Waals surface area contributed by atoms with Crippen LogP contribution in [0.15, 0.2) is 0 Å². The average Bonchev–Trinajstić information content (AvgIpc) is 2.50. The number of hydrogen-bond acceptors (Lipinski definition) is 1. The minimum atomic E-state index is 0.787. The van der Waals surface area contributed by atoms with Crippen molar-refractivity contribution in [1.82, 2.24) is 0 Å². The van der Waals surface area contributed by atoms with Gasteiger partial charge in [-0.05, 0) is 37.1 Å². The summed E-state index contributed by atoms with van der Waals surface area (Å²) in [6.07, 6.45) is 15.7. The van der Waals surface area contributed by atoms with E-state index < -0.39 is 0 Å². The molecule has 3 atom stereocenters. The monoisotopic (exact) mass is 253 g/mol. The van der Waals surface area contributed by atoms with Gasteiger partial charge in [0.2, 0.25) is 0 Å². The number of rotatable bonds is 6. The average molecular weight is 253 g/mol. The highest BCUT2D eigenvalue weighted by atomic mass is 14.5. The molecule has 3 unspecified atom stereocenters. The van der Waals surface area contributed by atoms with Crippen molar-refractivity contribution >= 4 is 0 Å². The smallest absolute Gasteiger partial charge is 0.00488 e. The van der Waals surface area contributed by atoms with Crippen LogP contribution in [0.2, 0.25) is 0 Å². The van der Waals surface area contributed by atoms with E-state index in [1.165, 1.54) is 70.6 Å². The summed E-state index contributed by atoms with van der Waals surface area (Å²) in [4.78, 5) is 0. The molecule has 0 spiro atoms. The summed E-state index contributed by atoms with van der Waals surface area (Å²) in [6, 6.07) is 0. The van der Waals surface area contributed by atoms with Gasteiger partial charge in [-0.1, -0.05) is 71.6 Å². The molecule has 1 rings (SSSR count). The fourth-order valence-electron chi connectivity index (χ4n) is 3.83. The third-order valence-corrected chi connectivity index (χ3v) is 5.01. The molecule has 1 aliphatic carbocycles. The Hall–Kier alpha value is -0.0400. The van der Waals surface area contributed by atoms with E-state index in [9.17, 15) is 0 Å². The lowest BCUT2D eigenvalue weighted by molar-refractivity contribution is 0.226. The fourth-order valence-corrected chi connectivity index (χ4v) is 3.83. The fraction of sp³-hybridized carbons (Fsp3) is 1.00. The Labute approximate surface area is 115 Å². The van der Waals surface area contributed by atoms with Gasteiger partial charge in [-0.15, -0.1) is 0 Å². The largest absolute Gasteiger partial charge is 0.330 e. The Kier molecular flexibility index (Phi) is 8.75. The molecule has 0 radical (unpaired) electrons. The topological polar surface area (TPSA) is 26.0 Å². The molecule has 18 heavy (non-hydrogen) atoms. The second-order valence-electron chi connectivity index (χ2n) is 6.40. The Morgan fingerprint density at radius 3 is 2.11 bits per heavy atom. The van der Waals surface area contributed by atoms with Crippen molar-refractivity contribution in [3.05, 3.63) is 0 Å². The quantitative estimate of drug-likeness (QED) is 0.697. The van der Waals surface area contributed by atoms with Crippen molar-refractivity contribution in [2.75, 3.05) is 6.54 Å². The zero-order valence-electron chi connectivity index (χ0n) is 12.8. The molecular formula is C17H35N. The van der Waals surface area contributed by atoms with Gasteiger partial charge in [-0.25, -0.2) is 0 Å². The Bertz CT molecular complexity index is 190. The van der Waals surface area contributed by atoms with Crippen molar-refractivity contribution in [2.24, 2.45) is 23.5 Å². The van der Waals surface area contributed by atoms with Gasteiger partial charge in [0.1, 0.15) is 0 Å². The minimum absolute atomic E-state index is 0.787. The first-order valence-electron chi connectivity index (χ1n) is 8.51. The molecular weight excluding hydrogens is 218 g/mol. The molecule has 0 aromatic rings. The minimum Gasteiger partial charge on any atom is -0.330 e. The van der Waals surface area contributed by atoms with Gasteiger partial charge < -0.3 is 5.73 Å². The highest BCUT2D eigenvalue weighted by Crippen LogP contribution is 2.34. The lowest BCUT2D eigenvalue weighted by atomic mass is 9.77. The second kappa shape index (κ2) is 9.83. The summed E-state index contributed by atoms with van der Waals surface area (Å²) < 4.78 is 0. The van der Waals surface area contributed by atoms with Crippen LogP contribution in [0, 0.1) is 17.8 Å². The molecule has 0 aromatic carbocycles. The van der Waals surface area contributed by atoms with Gasteiger partial charge in [0, 0.05) is 0 Å². The zero-order chi connectivity index (χ0) is 13.2. The van der Waals surface area contributed by atoms with Crippen LogP contribution in [-0.4, -0.2) is 6.54 Å². The van der Waals surface area contributed by atoms with Crippen molar-refractivity contribution < 1.29 is 0 Å². The van der Waals surface area contributed by atoms with E-state index in [4.69, 9.17) is 5.73 Å². The van der Waals surface area contributed by atoms with E-state index in [-0.39, 0.29) is 0 Å². The van der Waals surface area contributed by atoms with Gasteiger partial charge >= 0.3 is 0 Å². The van der Waals surface area contributed by atoms with Crippen LogP contribution in [0.5, 0.6) is 0 Å². The first-order chi connectivity index (χ1) is 8.81. The third kappa shape index (κ3) is 5.73. The molecule has 2 N–H and O–H groups in total. The Balaban J connectivity index is 2.53. The highest BCUT2D eigenvalue weighted by Gasteiger charge is 2.23. The molecule has 108 valence electrons. The van der Waals surface area contributed by atoms with Crippen LogP contribution < -0.4 is 5.73 Å². The summed E-state index contributed by atoms with van der Waals surface area (Å²) in [5.74, 6) is 2.73. The zero-order valence-corrected chi connectivity index (χ0v) is 12.8.